The molecule has 0 aliphatic carbocycles. The molecule has 1 aromatic heterocycles. The van der Waals surface area contributed by atoms with Gasteiger partial charge in [-0.25, -0.2) is 4.99 Å². The van der Waals surface area contributed by atoms with Crippen LogP contribution in [0.2, 0.25) is 0 Å². The van der Waals surface area contributed by atoms with Gasteiger partial charge < -0.3 is 5.73 Å². The van der Waals surface area contributed by atoms with Crippen molar-refractivity contribution in [3.63, 3.8) is 0 Å². The Balaban J connectivity index is 2.22. The molecule has 0 aliphatic heterocycles. The molecular formula is C16H19N2S. The van der Waals surface area contributed by atoms with E-state index in [0.717, 1.165) is 10.6 Å². The standard InChI is InChI=1S/C16H19N2S/c1-16(2,3)11-12-6-4-7-13(10-12)18-15(17)14-8-5-9-19-14/h4-11H,1-3H3,(H2,17,18). The van der Waals surface area contributed by atoms with E-state index < -0.39 is 0 Å². The molecule has 2 N–H and O–H groups in total. The lowest BCUT2D eigenvalue weighted by atomic mass is 9.88. The zero-order valence-corrected chi connectivity index (χ0v) is 12.4. The summed E-state index contributed by atoms with van der Waals surface area (Å²) in [5.74, 6) is 0.572. The summed E-state index contributed by atoms with van der Waals surface area (Å²) in [7, 11) is 0. The molecule has 0 unspecified atom stereocenters. The largest absolute Gasteiger partial charge is 0.383 e. The lowest BCUT2D eigenvalue weighted by Crippen LogP contribution is -2.10. The molecule has 1 radical (unpaired) electrons. The number of rotatable bonds is 3. The van der Waals surface area contributed by atoms with E-state index in [2.05, 4.69) is 44.3 Å². The topological polar surface area (TPSA) is 38.4 Å². The van der Waals surface area contributed by atoms with Gasteiger partial charge >= 0.3 is 0 Å². The van der Waals surface area contributed by atoms with Crippen LogP contribution in [0.4, 0.5) is 5.69 Å². The van der Waals surface area contributed by atoms with Crippen LogP contribution in [0.5, 0.6) is 0 Å². The van der Waals surface area contributed by atoms with E-state index in [1.807, 2.05) is 29.6 Å². The molecule has 99 valence electrons. The van der Waals surface area contributed by atoms with E-state index >= 15 is 0 Å². The van der Waals surface area contributed by atoms with Crippen molar-refractivity contribution in [2.75, 3.05) is 0 Å². The van der Waals surface area contributed by atoms with Crippen LogP contribution in [-0.4, -0.2) is 5.84 Å². The Morgan fingerprint density at radius 2 is 2.00 bits per heavy atom. The maximum Gasteiger partial charge on any atom is 0.141 e. The number of benzene rings is 1. The van der Waals surface area contributed by atoms with Crippen LogP contribution in [0.3, 0.4) is 0 Å². The second kappa shape index (κ2) is 5.57. The van der Waals surface area contributed by atoms with E-state index in [1.165, 1.54) is 5.56 Å². The molecular weight excluding hydrogens is 252 g/mol. The fourth-order valence-corrected chi connectivity index (χ4v) is 2.43. The second-order valence-corrected chi connectivity index (χ2v) is 6.53. The number of thiophene rings is 1. The highest BCUT2D eigenvalue weighted by atomic mass is 32.1. The highest BCUT2D eigenvalue weighted by Crippen LogP contribution is 2.25. The van der Waals surface area contributed by atoms with Crippen LogP contribution >= 0.6 is 11.3 Å². The lowest BCUT2D eigenvalue weighted by molar-refractivity contribution is 0.506. The summed E-state index contributed by atoms with van der Waals surface area (Å²) < 4.78 is 0. The molecule has 0 saturated heterocycles. The predicted octanol–water partition coefficient (Wildman–Crippen LogP) is 4.38. The summed E-state index contributed by atoms with van der Waals surface area (Å²) in [5, 5.41) is 2.00. The summed E-state index contributed by atoms with van der Waals surface area (Å²) in [4.78, 5) is 5.48. The quantitative estimate of drug-likeness (QED) is 0.653. The number of nitrogens with zero attached hydrogens (tertiary/aromatic N) is 1. The van der Waals surface area contributed by atoms with Crippen molar-refractivity contribution in [2.45, 2.75) is 20.8 Å². The number of amidine groups is 1. The van der Waals surface area contributed by atoms with Gasteiger partial charge in [0.1, 0.15) is 5.84 Å². The normalized spacial score (nSPS) is 12.7. The zero-order chi connectivity index (χ0) is 13.9. The van der Waals surface area contributed by atoms with E-state index in [-0.39, 0.29) is 5.41 Å². The fraction of sp³-hybridized carbons (Fsp3) is 0.250. The minimum absolute atomic E-state index is 0.154. The first-order chi connectivity index (χ1) is 8.94. The molecule has 1 aromatic carbocycles. The molecule has 0 amide bonds. The molecule has 19 heavy (non-hydrogen) atoms. The molecule has 1 heterocycles. The maximum absolute atomic E-state index is 6.00. The molecule has 0 aliphatic rings. The first kappa shape index (κ1) is 13.8. The molecule has 2 rings (SSSR count). The van der Waals surface area contributed by atoms with Gasteiger partial charge in [-0.2, -0.15) is 0 Å². The molecule has 3 heteroatoms. The smallest absolute Gasteiger partial charge is 0.141 e. The van der Waals surface area contributed by atoms with E-state index in [4.69, 9.17) is 5.73 Å². The number of hydrogen-bond donors (Lipinski definition) is 1. The van der Waals surface area contributed by atoms with Crippen molar-refractivity contribution in [3.8, 4) is 0 Å². The van der Waals surface area contributed by atoms with Gasteiger partial charge in [0.05, 0.1) is 10.6 Å². The average molecular weight is 271 g/mol. The second-order valence-electron chi connectivity index (χ2n) is 5.58. The predicted molar refractivity (Wildman–Crippen MR) is 84.0 cm³/mol. The van der Waals surface area contributed by atoms with Crippen LogP contribution in [0.1, 0.15) is 31.2 Å². The third kappa shape index (κ3) is 4.21. The first-order valence-corrected chi connectivity index (χ1v) is 7.16. The molecule has 0 atom stereocenters. The Hall–Kier alpha value is -1.61. The molecule has 0 saturated carbocycles. The molecule has 2 nitrogen and oxygen atoms in total. The minimum atomic E-state index is 0.154. The van der Waals surface area contributed by atoms with Gasteiger partial charge in [-0.3, -0.25) is 0 Å². The number of nitrogens with two attached hydrogens (primary N) is 1. The molecule has 0 bridgehead atoms. The minimum Gasteiger partial charge on any atom is -0.383 e. The lowest BCUT2D eigenvalue weighted by Gasteiger charge is -2.17. The Morgan fingerprint density at radius 1 is 1.21 bits per heavy atom. The van der Waals surface area contributed by atoms with Crippen molar-refractivity contribution in [3.05, 3.63) is 58.6 Å². The van der Waals surface area contributed by atoms with Crippen LogP contribution < -0.4 is 5.73 Å². The molecule has 0 spiro atoms. The van der Waals surface area contributed by atoms with E-state index in [0.29, 0.717) is 5.84 Å². The van der Waals surface area contributed by atoms with Crippen molar-refractivity contribution < 1.29 is 0 Å². The monoisotopic (exact) mass is 271 g/mol. The summed E-state index contributed by atoms with van der Waals surface area (Å²) in [5.41, 5.74) is 8.22. The zero-order valence-electron chi connectivity index (χ0n) is 11.6. The van der Waals surface area contributed by atoms with Gasteiger partial charge in [0.2, 0.25) is 0 Å². The third-order valence-corrected chi connectivity index (χ3v) is 3.39. The van der Waals surface area contributed by atoms with Gasteiger partial charge in [0, 0.05) is 0 Å². The van der Waals surface area contributed by atoms with Crippen molar-refractivity contribution >= 4 is 22.9 Å². The summed E-state index contributed by atoms with van der Waals surface area (Å²) in [6.45, 7) is 6.55. The van der Waals surface area contributed by atoms with Gasteiger partial charge in [-0.05, 0) is 41.0 Å². The summed E-state index contributed by atoms with van der Waals surface area (Å²) in [6, 6.07) is 12.1. The third-order valence-electron chi connectivity index (χ3n) is 2.49. The van der Waals surface area contributed by atoms with E-state index in [1.54, 1.807) is 11.3 Å². The fourth-order valence-electron chi connectivity index (χ4n) is 1.80. The maximum atomic E-state index is 6.00. The first-order valence-electron chi connectivity index (χ1n) is 6.28. The Labute approximate surface area is 119 Å². The molecule has 0 fully saturated rings. The van der Waals surface area contributed by atoms with Crippen molar-refractivity contribution in [1.82, 2.24) is 0 Å². The Bertz CT molecular complexity index is 563. The Morgan fingerprint density at radius 3 is 2.63 bits per heavy atom. The average Bonchev–Trinajstić information content (AvgIpc) is 2.80. The van der Waals surface area contributed by atoms with Gasteiger partial charge in [0.15, 0.2) is 0 Å². The van der Waals surface area contributed by atoms with E-state index in [9.17, 15) is 0 Å². The number of aliphatic imine (C=N–C) groups is 1. The van der Waals surface area contributed by atoms with Gasteiger partial charge in [-0.1, -0.05) is 39.0 Å². The van der Waals surface area contributed by atoms with Crippen LogP contribution in [-0.2, 0) is 0 Å². The number of hydrogen-bond acceptors (Lipinski definition) is 2. The van der Waals surface area contributed by atoms with Crippen LogP contribution in [0, 0.1) is 11.8 Å². The van der Waals surface area contributed by atoms with Gasteiger partial charge in [0.25, 0.3) is 0 Å². The molecule has 2 aromatic rings. The van der Waals surface area contributed by atoms with Gasteiger partial charge in [-0.15, -0.1) is 11.3 Å². The van der Waals surface area contributed by atoms with Crippen LogP contribution in [0.15, 0.2) is 46.8 Å². The SMILES string of the molecule is CC(C)(C)[CH]c1cccc(N=C(N)c2cccs2)c1. The van der Waals surface area contributed by atoms with Crippen molar-refractivity contribution in [2.24, 2.45) is 16.1 Å². The van der Waals surface area contributed by atoms with Crippen molar-refractivity contribution in [1.29, 1.82) is 0 Å². The summed E-state index contributed by atoms with van der Waals surface area (Å²) in [6.07, 6.45) is 2.23. The Kier molecular flexibility index (Phi) is 4.05. The highest BCUT2D eigenvalue weighted by molar-refractivity contribution is 7.12. The van der Waals surface area contributed by atoms with Crippen LogP contribution in [0.25, 0.3) is 0 Å². The summed E-state index contributed by atoms with van der Waals surface area (Å²) >= 11 is 1.60. The highest BCUT2D eigenvalue weighted by Gasteiger charge is 2.11.